The van der Waals surface area contributed by atoms with Crippen LogP contribution in [0.1, 0.15) is 70.8 Å². The van der Waals surface area contributed by atoms with Gasteiger partial charge in [-0.2, -0.15) is 8.42 Å². The molecule has 0 saturated carbocycles. The van der Waals surface area contributed by atoms with E-state index in [0.717, 1.165) is 49.8 Å². The van der Waals surface area contributed by atoms with E-state index in [-0.39, 0.29) is 16.2 Å². The molecule has 1 aromatic carbocycles. The van der Waals surface area contributed by atoms with Crippen molar-refractivity contribution in [1.29, 1.82) is 0 Å². The van der Waals surface area contributed by atoms with Gasteiger partial charge in [0.2, 0.25) is 0 Å². The molecule has 2 atom stereocenters. The van der Waals surface area contributed by atoms with Crippen molar-refractivity contribution in [3.8, 4) is 0 Å². The third kappa shape index (κ3) is 6.90. The molecule has 0 bridgehead atoms. The lowest BCUT2D eigenvalue weighted by Crippen LogP contribution is -2.52. The highest BCUT2D eigenvalue weighted by atomic mass is 33.1. The summed E-state index contributed by atoms with van der Waals surface area (Å²) in [5, 5.41) is 11.6. The molecule has 3 rings (SSSR count). The van der Waals surface area contributed by atoms with Gasteiger partial charge in [-0.1, -0.05) is 65.5 Å². The highest BCUT2D eigenvalue weighted by Gasteiger charge is 2.51. The monoisotopic (exact) mass is 518 g/mol. The molecule has 2 heterocycles. The maximum absolute atomic E-state index is 12.7. The molecule has 2 fully saturated rings. The summed E-state index contributed by atoms with van der Waals surface area (Å²) < 4.78 is 42.4. The largest absolute Gasteiger partial charge is 0.389 e. The Kier molecular flexibility index (Phi) is 9.62. The molecule has 1 N–H and O–H groups in total. The van der Waals surface area contributed by atoms with Gasteiger partial charge in [-0.05, 0) is 51.7 Å². The van der Waals surface area contributed by atoms with Crippen LogP contribution in [0.5, 0.6) is 0 Å². The second-order valence-corrected chi connectivity index (χ2v) is 13.8. The molecule has 2 aliphatic rings. The van der Waals surface area contributed by atoms with Crippen molar-refractivity contribution in [3.63, 3.8) is 0 Å². The molecular formula is C24H38O6S3. The van der Waals surface area contributed by atoms with Gasteiger partial charge in [0.25, 0.3) is 10.1 Å². The fourth-order valence-corrected chi connectivity index (χ4v) is 9.01. The van der Waals surface area contributed by atoms with Gasteiger partial charge in [-0.25, -0.2) is 0 Å². The molecule has 2 unspecified atom stereocenters. The van der Waals surface area contributed by atoms with E-state index in [2.05, 4.69) is 6.92 Å². The molecule has 2 saturated heterocycles. The molecule has 6 nitrogen and oxygen atoms in total. The lowest BCUT2D eigenvalue weighted by Gasteiger charge is -2.48. The zero-order valence-electron chi connectivity index (χ0n) is 20.0. The van der Waals surface area contributed by atoms with Crippen LogP contribution in [-0.4, -0.2) is 55.2 Å². The van der Waals surface area contributed by atoms with Crippen molar-refractivity contribution in [2.45, 2.75) is 93.2 Å². The SMILES string of the molecule is CCCCCC(C)(O)C1(CCC2(COS(=O)(=O)c3ccc(C)cc3)OCCO2)CCCSS1. The molecule has 33 heavy (non-hydrogen) atoms. The van der Waals surface area contributed by atoms with Crippen LogP contribution in [-0.2, 0) is 23.8 Å². The molecule has 188 valence electrons. The van der Waals surface area contributed by atoms with Crippen LogP contribution in [0.15, 0.2) is 29.2 Å². The van der Waals surface area contributed by atoms with Gasteiger partial charge < -0.3 is 14.6 Å². The minimum Gasteiger partial charge on any atom is -0.389 e. The number of hydrogen-bond donors (Lipinski definition) is 1. The molecular weight excluding hydrogens is 480 g/mol. The van der Waals surface area contributed by atoms with Gasteiger partial charge in [-0.15, -0.1) is 0 Å². The predicted molar refractivity (Wildman–Crippen MR) is 135 cm³/mol. The third-order valence-electron chi connectivity index (χ3n) is 6.74. The summed E-state index contributed by atoms with van der Waals surface area (Å²) in [5.74, 6) is -0.0412. The summed E-state index contributed by atoms with van der Waals surface area (Å²) in [4.78, 5) is 0.121. The van der Waals surface area contributed by atoms with Gasteiger partial charge in [0.15, 0.2) is 5.79 Å². The molecule has 0 spiro atoms. The first-order valence-electron chi connectivity index (χ1n) is 11.9. The maximum atomic E-state index is 12.7. The summed E-state index contributed by atoms with van der Waals surface area (Å²) in [5.41, 5.74) is 0.154. The molecule has 0 aliphatic carbocycles. The van der Waals surface area contributed by atoms with E-state index in [4.69, 9.17) is 13.7 Å². The van der Waals surface area contributed by atoms with Gasteiger partial charge in [-0.3, -0.25) is 4.18 Å². The van der Waals surface area contributed by atoms with Crippen LogP contribution >= 0.6 is 21.6 Å². The third-order valence-corrected chi connectivity index (χ3v) is 11.6. The molecule has 0 amide bonds. The van der Waals surface area contributed by atoms with E-state index in [1.807, 2.05) is 24.6 Å². The second kappa shape index (κ2) is 11.6. The van der Waals surface area contributed by atoms with Gasteiger partial charge in [0.1, 0.15) is 6.61 Å². The van der Waals surface area contributed by atoms with Crippen molar-refractivity contribution in [3.05, 3.63) is 29.8 Å². The van der Waals surface area contributed by atoms with Gasteiger partial charge >= 0.3 is 0 Å². The van der Waals surface area contributed by atoms with E-state index in [1.54, 1.807) is 35.1 Å². The predicted octanol–water partition coefficient (Wildman–Crippen LogP) is 5.47. The minimum absolute atomic E-state index is 0.121. The molecule has 0 aromatic heterocycles. The summed E-state index contributed by atoms with van der Waals surface area (Å²) in [7, 11) is -0.334. The topological polar surface area (TPSA) is 82.1 Å². The summed E-state index contributed by atoms with van der Waals surface area (Å²) in [6.45, 7) is 6.63. The molecule has 0 radical (unpaired) electrons. The van der Waals surface area contributed by atoms with Crippen molar-refractivity contribution in [1.82, 2.24) is 0 Å². The summed E-state index contributed by atoms with van der Waals surface area (Å²) in [6.07, 6.45) is 7.06. The molecule has 1 aromatic rings. The Hall–Kier alpha value is -0.290. The Morgan fingerprint density at radius 1 is 1.15 bits per heavy atom. The summed E-state index contributed by atoms with van der Waals surface area (Å²) >= 11 is 0. The maximum Gasteiger partial charge on any atom is 0.297 e. The Balaban J connectivity index is 1.71. The van der Waals surface area contributed by atoms with E-state index in [9.17, 15) is 13.5 Å². The van der Waals surface area contributed by atoms with E-state index >= 15 is 0 Å². The van der Waals surface area contributed by atoms with E-state index < -0.39 is 21.5 Å². The van der Waals surface area contributed by atoms with Crippen molar-refractivity contribution >= 4 is 31.7 Å². The lowest BCUT2D eigenvalue weighted by atomic mass is 9.77. The van der Waals surface area contributed by atoms with E-state index in [1.165, 1.54) is 0 Å². The van der Waals surface area contributed by atoms with Crippen LogP contribution < -0.4 is 0 Å². The Morgan fingerprint density at radius 3 is 2.45 bits per heavy atom. The van der Waals surface area contributed by atoms with Crippen LogP contribution in [0.2, 0.25) is 0 Å². The first kappa shape index (κ1) is 27.3. The van der Waals surface area contributed by atoms with Crippen molar-refractivity contribution in [2.75, 3.05) is 25.6 Å². The Bertz CT molecular complexity index is 841. The van der Waals surface area contributed by atoms with Crippen LogP contribution in [0.4, 0.5) is 0 Å². The number of benzene rings is 1. The van der Waals surface area contributed by atoms with Crippen molar-refractivity contribution < 1.29 is 27.2 Å². The fourth-order valence-electron chi connectivity index (χ4n) is 4.48. The minimum atomic E-state index is -3.92. The Labute approximate surface area is 207 Å². The second-order valence-electron chi connectivity index (χ2n) is 9.37. The van der Waals surface area contributed by atoms with Gasteiger partial charge in [0.05, 0.1) is 28.5 Å². The number of hydrogen-bond acceptors (Lipinski definition) is 8. The lowest BCUT2D eigenvalue weighted by molar-refractivity contribution is -0.184. The average Bonchev–Trinajstić information content (AvgIpc) is 3.27. The normalized spacial score (nSPS) is 25.1. The first-order chi connectivity index (χ1) is 15.6. The average molecular weight is 519 g/mol. The number of unbranched alkanes of at least 4 members (excludes halogenated alkanes) is 2. The van der Waals surface area contributed by atoms with Crippen molar-refractivity contribution in [2.24, 2.45) is 0 Å². The van der Waals surface area contributed by atoms with Crippen LogP contribution in [0.3, 0.4) is 0 Å². The molecule has 9 heteroatoms. The zero-order chi connectivity index (χ0) is 24.0. The zero-order valence-corrected chi connectivity index (χ0v) is 22.5. The first-order valence-corrected chi connectivity index (χ1v) is 15.6. The van der Waals surface area contributed by atoms with E-state index in [0.29, 0.717) is 26.1 Å². The number of ether oxygens (including phenoxy) is 2. The molecule has 2 aliphatic heterocycles. The Morgan fingerprint density at radius 2 is 1.85 bits per heavy atom. The fraction of sp³-hybridized carbons (Fsp3) is 0.750. The highest BCUT2D eigenvalue weighted by Crippen LogP contribution is 2.55. The number of aryl methyl sites for hydroxylation is 1. The standard InChI is InChI=1S/C24H38O6S3/c1-4-5-6-12-22(3,25)23(13-7-18-31-32-23)14-15-24(28-16-17-29-24)19-30-33(26,27)21-10-8-20(2)9-11-21/h8-11,25H,4-7,12-19H2,1-3H3. The van der Waals surface area contributed by atoms with Crippen LogP contribution in [0, 0.1) is 6.92 Å². The summed E-state index contributed by atoms with van der Waals surface area (Å²) in [6, 6.07) is 6.59. The smallest absolute Gasteiger partial charge is 0.297 e. The quantitative estimate of drug-likeness (QED) is 0.222. The van der Waals surface area contributed by atoms with Crippen LogP contribution in [0.25, 0.3) is 0 Å². The number of rotatable bonds is 12. The van der Waals surface area contributed by atoms with Gasteiger partial charge in [0, 0.05) is 12.2 Å². The highest BCUT2D eigenvalue weighted by molar-refractivity contribution is 8.77. The number of aliphatic hydroxyl groups is 1.